The highest BCUT2D eigenvalue weighted by molar-refractivity contribution is 7.10. The maximum absolute atomic E-state index is 10.5. The number of aliphatic hydroxyl groups is 1. The lowest BCUT2D eigenvalue weighted by Gasteiger charge is -2.41. The van der Waals surface area contributed by atoms with E-state index in [-0.39, 0.29) is 11.1 Å². The topological polar surface area (TPSA) is 29.5 Å². The highest BCUT2D eigenvalue weighted by atomic mass is 32.1. The third-order valence-electron chi connectivity index (χ3n) is 5.27. The maximum Gasteiger partial charge on any atom is 0.192 e. The van der Waals surface area contributed by atoms with Gasteiger partial charge in [-0.2, -0.15) is 0 Å². The molecular weight excluding hydrogens is 296 g/mol. The summed E-state index contributed by atoms with van der Waals surface area (Å²) in [6.45, 7) is 11.6. The van der Waals surface area contributed by atoms with E-state index in [0.717, 1.165) is 30.6 Å². The van der Waals surface area contributed by atoms with Crippen molar-refractivity contribution in [3.8, 4) is 0 Å². The van der Waals surface area contributed by atoms with Gasteiger partial charge in [-0.1, -0.05) is 26.8 Å². The smallest absolute Gasteiger partial charge is 0.192 e. The fraction of sp³-hybridized carbons (Fsp3) is 0.765. The molecule has 0 aliphatic heterocycles. The van der Waals surface area contributed by atoms with Crippen LogP contribution in [0.3, 0.4) is 0 Å². The first-order valence-electron chi connectivity index (χ1n) is 8.10. The predicted molar refractivity (Wildman–Crippen MR) is 93.3 cm³/mol. The molecule has 2 rings (SSSR count). The first-order chi connectivity index (χ1) is 9.71. The zero-order chi connectivity index (χ0) is 15.7. The molecular formula is C17H30O2SSi. The van der Waals surface area contributed by atoms with Crippen molar-refractivity contribution < 1.29 is 9.53 Å². The lowest BCUT2D eigenvalue weighted by molar-refractivity contribution is 0.0472. The van der Waals surface area contributed by atoms with Gasteiger partial charge in [0.25, 0.3) is 0 Å². The monoisotopic (exact) mass is 326 g/mol. The van der Waals surface area contributed by atoms with Gasteiger partial charge in [0.05, 0.1) is 6.10 Å². The SMILES string of the molecule is CC(C)(C)[Si](C)(C)OC1CCC(C(O)c2cccs2)CC1. The Kier molecular flexibility index (Phi) is 5.34. The fourth-order valence-electron chi connectivity index (χ4n) is 2.81. The highest BCUT2D eigenvalue weighted by Crippen LogP contribution is 2.41. The third-order valence-corrected chi connectivity index (χ3v) is 10.7. The molecule has 0 amide bonds. The van der Waals surface area contributed by atoms with Gasteiger partial charge in [-0.15, -0.1) is 11.3 Å². The van der Waals surface area contributed by atoms with Gasteiger partial charge in [0.2, 0.25) is 0 Å². The van der Waals surface area contributed by atoms with Crippen molar-refractivity contribution in [2.75, 3.05) is 0 Å². The zero-order valence-corrected chi connectivity index (χ0v) is 15.9. The Morgan fingerprint density at radius 2 is 1.86 bits per heavy atom. The van der Waals surface area contributed by atoms with Gasteiger partial charge >= 0.3 is 0 Å². The minimum Gasteiger partial charge on any atom is -0.414 e. The Labute approximate surface area is 134 Å². The van der Waals surface area contributed by atoms with E-state index in [9.17, 15) is 5.11 Å². The molecule has 1 aliphatic rings. The quantitative estimate of drug-likeness (QED) is 0.754. The minimum atomic E-state index is -1.66. The van der Waals surface area contributed by atoms with Crippen LogP contribution in [0.2, 0.25) is 18.1 Å². The van der Waals surface area contributed by atoms with Crippen molar-refractivity contribution >= 4 is 19.7 Å². The standard InChI is InChI=1S/C17H30O2SSi/c1-17(2,3)21(4,5)19-14-10-8-13(9-11-14)16(18)15-7-6-12-20-15/h6-7,12-14,16,18H,8-11H2,1-5H3. The van der Waals surface area contributed by atoms with E-state index in [4.69, 9.17) is 4.43 Å². The van der Waals surface area contributed by atoms with Crippen molar-refractivity contribution in [3.05, 3.63) is 22.4 Å². The van der Waals surface area contributed by atoms with Crippen LogP contribution in [0.25, 0.3) is 0 Å². The molecule has 1 aliphatic carbocycles. The van der Waals surface area contributed by atoms with Crippen LogP contribution in [0, 0.1) is 5.92 Å². The molecule has 1 N–H and O–H groups in total. The molecule has 0 radical (unpaired) electrons. The van der Waals surface area contributed by atoms with E-state index in [1.807, 2.05) is 17.5 Å². The molecule has 1 unspecified atom stereocenters. The van der Waals surface area contributed by atoms with Crippen LogP contribution in [0.15, 0.2) is 17.5 Å². The highest BCUT2D eigenvalue weighted by Gasteiger charge is 2.40. The van der Waals surface area contributed by atoms with E-state index < -0.39 is 8.32 Å². The second kappa shape index (κ2) is 6.53. The number of aliphatic hydroxyl groups excluding tert-OH is 1. The molecule has 0 spiro atoms. The summed E-state index contributed by atoms with van der Waals surface area (Å²) in [5.74, 6) is 0.405. The summed E-state index contributed by atoms with van der Waals surface area (Å²) in [5.41, 5.74) is 0. The zero-order valence-electron chi connectivity index (χ0n) is 14.1. The number of hydrogen-bond donors (Lipinski definition) is 1. The van der Waals surface area contributed by atoms with Gasteiger partial charge in [0, 0.05) is 11.0 Å². The van der Waals surface area contributed by atoms with Crippen LogP contribution in [-0.4, -0.2) is 19.5 Å². The summed E-state index contributed by atoms with van der Waals surface area (Å²) in [4.78, 5) is 1.11. The van der Waals surface area contributed by atoms with Gasteiger partial charge < -0.3 is 9.53 Å². The largest absolute Gasteiger partial charge is 0.414 e. The van der Waals surface area contributed by atoms with Crippen LogP contribution in [-0.2, 0) is 4.43 Å². The molecule has 0 saturated heterocycles. The van der Waals surface area contributed by atoms with Crippen molar-refractivity contribution in [1.82, 2.24) is 0 Å². The predicted octanol–water partition coefficient (Wildman–Crippen LogP) is 5.36. The van der Waals surface area contributed by atoms with E-state index in [0.29, 0.717) is 12.0 Å². The molecule has 1 heterocycles. The van der Waals surface area contributed by atoms with Gasteiger partial charge in [0.15, 0.2) is 8.32 Å². The molecule has 120 valence electrons. The van der Waals surface area contributed by atoms with Crippen LogP contribution in [0.5, 0.6) is 0 Å². The molecule has 21 heavy (non-hydrogen) atoms. The van der Waals surface area contributed by atoms with Gasteiger partial charge in [-0.25, -0.2) is 0 Å². The Hall–Kier alpha value is -0.163. The molecule has 1 saturated carbocycles. The number of hydrogen-bond acceptors (Lipinski definition) is 3. The minimum absolute atomic E-state index is 0.278. The second-order valence-electron chi connectivity index (χ2n) is 7.88. The normalized spacial score (nSPS) is 25.8. The molecule has 0 aromatic carbocycles. The van der Waals surface area contributed by atoms with E-state index >= 15 is 0 Å². The van der Waals surface area contributed by atoms with Gasteiger partial charge in [-0.05, 0) is 61.2 Å². The first kappa shape index (κ1) is 17.2. The van der Waals surface area contributed by atoms with Crippen molar-refractivity contribution in [3.63, 3.8) is 0 Å². The van der Waals surface area contributed by atoms with Crippen molar-refractivity contribution in [2.45, 2.75) is 76.8 Å². The fourth-order valence-corrected chi connectivity index (χ4v) is 5.03. The summed E-state index contributed by atoms with van der Waals surface area (Å²) >= 11 is 1.66. The van der Waals surface area contributed by atoms with Gasteiger partial charge in [-0.3, -0.25) is 0 Å². The summed E-state index contributed by atoms with van der Waals surface area (Å²) in [5, 5.41) is 12.8. The molecule has 2 nitrogen and oxygen atoms in total. The summed E-state index contributed by atoms with van der Waals surface area (Å²) < 4.78 is 6.52. The van der Waals surface area contributed by atoms with Crippen LogP contribution in [0.1, 0.15) is 57.4 Å². The molecule has 1 aromatic heterocycles. The van der Waals surface area contributed by atoms with Crippen LogP contribution in [0.4, 0.5) is 0 Å². The summed E-state index contributed by atoms with van der Waals surface area (Å²) in [6, 6.07) is 4.07. The first-order valence-corrected chi connectivity index (χ1v) is 11.9. The van der Waals surface area contributed by atoms with E-state index in [1.165, 1.54) is 0 Å². The van der Waals surface area contributed by atoms with Crippen molar-refractivity contribution in [2.24, 2.45) is 5.92 Å². The number of rotatable bonds is 4. The third kappa shape index (κ3) is 4.18. The second-order valence-corrected chi connectivity index (χ2v) is 13.6. The van der Waals surface area contributed by atoms with Crippen LogP contribution >= 0.6 is 11.3 Å². The van der Waals surface area contributed by atoms with E-state index in [1.54, 1.807) is 11.3 Å². The van der Waals surface area contributed by atoms with E-state index in [2.05, 4.69) is 33.9 Å². The summed E-state index contributed by atoms with van der Waals surface area (Å²) in [6.07, 6.45) is 4.48. The van der Waals surface area contributed by atoms with Crippen LogP contribution < -0.4 is 0 Å². The summed E-state index contributed by atoms with van der Waals surface area (Å²) in [7, 11) is -1.66. The number of thiophene rings is 1. The van der Waals surface area contributed by atoms with Crippen molar-refractivity contribution in [1.29, 1.82) is 0 Å². The lowest BCUT2D eigenvalue weighted by atomic mass is 9.83. The van der Waals surface area contributed by atoms with Gasteiger partial charge in [0.1, 0.15) is 0 Å². The average molecular weight is 327 g/mol. The molecule has 1 fully saturated rings. The molecule has 0 bridgehead atoms. The Bertz CT molecular complexity index is 428. The lowest BCUT2D eigenvalue weighted by Crippen LogP contribution is -2.44. The Morgan fingerprint density at radius 1 is 1.24 bits per heavy atom. The molecule has 4 heteroatoms. The average Bonchev–Trinajstić information content (AvgIpc) is 2.91. The Morgan fingerprint density at radius 3 is 2.33 bits per heavy atom. The Balaban J connectivity index is 1.86. The molecule has 1 aromatic rings. The molecule has 1 atom stereocenters. The maximum atomic E-state index is 10.5.